The van der Waals surface area contributed by atoms with Crippen LogP contribution in [0.25, 0.3) is 22.3 Å². The van der Waals surface area contributed by atoms with Gasteiger partial charge in [-0.25, -0.2) is 4.98 Å². The molecule has 5 nitrogen and oxygen atoms in total. The van der Waals surface area contributed by atoms with E-state index < -0.39 is 0 Å². The third kappa shape index (κ3) is 3.90. The lowest BCUT2D eigenvalue weighted by atomic mass is 10.1. The minimum Gasteiger partial charge on any atom is -0.490 e. The van der Waals surface area contributed by atoms with Crippen molar-refractivity contribution < 1.29 is 9.47 Å². The standard InChI is InChI=1S/C20H21BrN2O3/c1-3-5-10-26-18-12-15(21)14(11-17(18)25-4-2)19-22-16-9-7-6-8-13(16)20(24)23-19/h6-9,11-12H,3-5,10H2,1-2H3,(H,22,23,24). The predicted molar refractivity (Wildman–Crippen MR) is 107 cm³/mol. The van der Waals surface area contributed by atoms with Crippen LogP contribution in [-0.4, -0.2) is 23.2 Å². The number of unbranched alkanes of at least 4 members (excludes halogenated alkanes) is 1. The zero-order chi connectivity index (χ0) is 18.5. The van der Waals surface area contributed by atoms with Crippen LogP contribution in [0.1, 0.15) is 26.7 Å². The summed E-state index contributed by atoms with van der Waals surface area (Å²) in [6, 6.07) is 11.0. The quantitative estimate of drug-likeness (QED) is 0.554. The van der Waals surface area contributed by atoms with Crippen LogP contribution in [0.3, 0.4) is 0 Å². The molecule has 0 aliphatic rings. The van der Waals surface area contributed by atoms with Gasteiger partial charge in [-0.3, -0.25) is 4.79 Å². The lowest BCUT2D eigenvalue weighted by Crippen LogP contribution is -2.10. The normalized spacial score (nSPS) is 10.9. The van der Waals surface area contributed by atoms with Gasteiger partial charge in [-0.2, -0.15) is 0 Å². The van der Waals surface area contributed by atoms with Gasteiger partial charge in [0, 0.05) is 10.0 Å². The minimum absolute atomic E-state index is 0.168. The molecule has 1 N–H and O–H groups in total. The Hall–Kier alpha value is -2.34. The number of aromatic nitrogens is 2. The number of benzene rings is 2. The third-order valence-corrected chi connectivity index (χ3v) is 4.61. The Bertz CT molecular complexity index is 969. The molecule has 0 unspecified atom stereocenters. The maximum absolute atomic E-state index is 12.4. The van der Waals surface area contributed by atoms with E-state index in [-0.39, 0.29) is 5.56 Å². The Morgan fingerprint density at radius 2 is 1.88 bits per heavy atom. The number of fused-ring (bicyclic) bond motifs is 1. The summed E-state index contributed by atoms with van der Waals surface area (Å²) in [6.45, 7) is 5.20. The first kappa shape index (κ1) is 18.5. The molecule has 0 fully saturated rings. The number of hydrogen-bond acceptors (Lipinski definition) is 4. The highest BCUT2D eigenvalue weighted by atomic mass is 79.9. The van der Waals surface area contributed by atoms with E-state index in [0.29, 0.717) is 41.4 Å². The van der Waals surface area contributed by atoms with E-state index in [4.69, 9.17) is 9.47 Å². The Morgan fingerprint density at radius 1 is 1.12 bits per heavy atom. The predicted octanol–water partition coefficient (Wildman–Crippen LogP) is 4.93. The van der Waals surface area contributed by atoms with Crippen molar-refractivity contribution >= 4 is 26.8 Å². The zero-order valence-electron chi connectivity index (χ0n) is 14.8. The van der Waals surface area contributed by atoms with E-state index in [0.717, 1.165) is 22.9 Å². The lowest BCUT2D eigenvalue weighted by molar-refractivity contribution is 0.272. The number of ether oxygens (including phenoxy) is 2. The summed E-state index contributed by atoms with van der Waals surface area (Å²) < 4.78 is 12.4. The maximum Gasteiger partial charge on any atom is 0.259 e. The van der Waals surface area contributed by atoms with Crippen molar-refractivity contribution in [1.82, 2.24) is 9.97 Å². The Labute approximate surface area is 160 Å². The molecule has 26 heavy (non-hydrogen) atoms. The van der Waals surface area contributed by atoms with Crippen LogP contribution in [0.2, 0.25) is 0 Å². The maximum atomic E-state index is 12.4. The summed E-state index contributed by atoms with van der Waals surface area (Å²) in [5, 5.41) is 0.567. The highest BCUT2D eigenvalue weighted by Gasteiger charge is 2.15. The molecule has 0 aliphatic heterocycles. The van der Waals surface area contributed by atoms with Crippen LogP contribution in [0.15, 0.2) is 45.7 Å². The Morgan fingerprint density at radius 3 is 2.65 bits per heavy atom. The van der Waals surface area contributed by atoms with Gasteiger partial charge in [-0.05, 0) is 53.5 Å². The Balaban J connectivity index is 2.07. The van der Waals surface area contributed by atoms with Crippen molar-refractivity contribution in [3.63, 3.8) is 0 Å². The zero-order valence-corrected chi connectivity index (χ0v) is 16.4. The van der Waals surface area contributed by atoms with Crippen LogP contribution >= 0.6 is 15.9 Å². The van der Waals surface area contributed by atoms with Gasteiger partial charge in [0.05, 0.1) is 24.1 Å². The molecule has 1 aromatic heterocycles. The monoisotopic (exact) mass is 416 g/mol. The second-order valence-electron chi connectivity index (χ2n) is 5.85. The van der Waals surface area contributed by atoms with E-state index in [1.807, 2.05) is 37.3 Å². The molecule has 0 amide bonds. The van der Waals surface area contributed by atoms with Crippen LogP contribution < -0.4 is 15.0 Å². The molecule has 3 rings (SSSR count). The van der Waals surface area contributed by atoms with E-state index in [9.17, 15) is 4.79 Å². The minimum atomic E-state index is -0.168. The van der Waals surface area contributed by atoms with Crippen LogP contribution in [0.4, 0.5) is 0 Å². The molecule has 6 heteroatoms. The van der Waals surface area contributed by atoms with Gasteiger partial charge >= 0.3 is 0 Å². The van der Waals surface area contributed by atoms with Gasteiger partial charge in [-0.15, -0.1) is 0 Å². The van der Waals surface area contributed by atoms with Gasteiger partial charge < -0.3 is 14.5 Å². The van der Waals surface area contributed by atoms with Crippen molar-refractivity contribution in [2.45, 2.75) is 26.7 Å². The molecule has 0 atom stereocenters. The number of halogens is 1. The topological polar surface area (TPSA) is 64.2 Å². The average molecular weight is 417 g/mol. The molecule has 0 aliphatic carbocycles. The first-order chi connectivity index (χ1) is 12.6. The van der Waals surface area contributed by atoms with E-state index >= 15 is 0 Å². The third-order valence-electron chi connectivity index (χ3n) is 3.96. The molecule has 0 saturated carbocycles. The smallest absolute Gasteiger partial charge is 0.259 e. The largest absolute Gasteiger partial charge is 0.490 e. The molecule has 0 radical (unpaired) electrons. The summed E-state index contributed by atoms with van der Waals surface area (Å²) in [5.41, 5.74) is 1.23. The number of hydrogen-bond donors (Lipinski definition) is 1. The van der Waals surface area contributed by atoms with Crippen LogP contribution in [0.5, 0.6) is 11.5 Å². The molecule has 0 bridgehead atoms. The molecule has 0 spiro atoms. The molecule has 1 heterocycles. The first-order valence-corrected chi connectivity index (χ1v) is 9.52. The lowest BCUT2D eigenvalue weighted by Gasteiger charge is -2.15. The van der Waals surface area contributed by atoms with Crippen molar-refractivity contribution in [2.75, 3.05) is 13.2 Å². The van der Waals surface area contributed by atoms with Gasteiger partial charge in [0.15, 0.2) is 11.5 Å². The van der Waals surface area contributed by atoms with E-state index in [1.165, 1.54) is 0 Å². The number of aromatic amines is 1. The summed E-state index contributed by atoms with van der Waals surface area (Å²) in [4.78, 5) is 19.8. The molecule has 0 saturated heterocycles. The highest BCUT2D eigenvalue weighted by molar-refractivity contribution is 9.10. The number of nitrogens with one attached hydrogen (secondary N) is 1. The van der Waals surface area contributed by atoms with Crippen molar-refractivity contribution in [3.05, 3.63) is 51.2 Å². The van der Waals surface area contributed by atoms with Gasteiger partial charge in [0.1, 0.15) is 5.82 Å². The van der Waals surface area contributed by atoms with Gasteiger partial charge in [0.25, 0.3) is 5.56 Å². The molecular formula is C20H21BrN2O3. The number of nitrogens with zero attached hydrogens (tertiary/aromatic N) is 1. The number of rotatable bonds is 7. The summed E-state index contributed by atoms with van der Waals surface area (Å²) >= 11 is 3.57. The summed E-state index contributed by atoms with van der Waals surface area (Å²) in [5.74, 6) is 1.80. The van der Waals surface area contributed by atoms with Crippen LogP contribution in [0, 0.1) is 0 Å². The van der Waals surface area contributed by atoms with Gasteiger partial charge in [0.2, 0.25) is 0 Å². The second kappa shape index (κ2) is 8.36. The molecular weight excluding hydrogens is 396 g/mol. The molecule has 136 valence electrons. The first-order valence-electron chi connectivity index (χ1n) is 8.72. The number of para-hydroxylation sites is 1. The fourth-order valence-corrected chi connectivity index (χ4v) is 3.15. The van der Waals surface area contributed by atoms with Gasteiger partial charge in [-0.1, -0.05) is 25.5 Å². The average Bonchev–Trinajstić information content (AvgIpc) is 2.64. The van der Waals surface area contributed by atoms with Crippen LogP contribution in [-0.2, 0) is 0 Å². The molecule has 3 aromatic rings. The SMILES string of the molecule is CCCCOc1cc(Br)c(-c2nc3ccccc3c(=O)[nH]2)cc1OCC. The highest BCUT2D eigenvalue weighted by Crippen LogP contribution is 2.38. The fraction of sp³-hybridized carbons (Fsp3) is 0.300. The second-order valence-corrected chi connectivity index (χ2v) is 6.70. The Kier molecular flexibility index (Phi) is 5.93. The van der Waals surface area contributed by atoms with Crippen molar-refractivity contribution in [1.29, 1.82) is 0 Å². The van der Waals surface area contributed by atoms with Crippen molar-refractivity contribution in [3.8, 4) is 22.9 Å². The van der Waals surface area contributed by atoms with E-state index in [1.54, 1.807) is 6.07 Å². The van der Waals surface area contributed by atoms with Crippen molar-refractivity contribution in [2.24, 2.45) is 0 Å². The molecule has 2 aromatic carbocycles. The summed E-state index contributed by atoms with van der Waals surface area (Å²) in [6.07, 6.45) is 2.04. The summed E-state index contributed by atoms with van der Waals surface area (Å²) in [7, 11) is 0. The van der Waals surface area contributed by atoms with E-state index in [2.05, 4.69) is 32.8 Å². The number of H-pyrrole nitrogens is 1. The fourth-order valence-electron chi connectivity index (χ4n) is 2.64.